The van der Waals surface area contributed by atoms with Crippen molar-refractivity contribution >= 4 is 8.25 Å². The summed E-state index contributed by atoms with van der Waals surface area (Å²) in [7, 11) is -2.45. The lowest BCUT2D eigenvalue weighted by Crippen LogP contribution is -1.92. The van der Waals surface area contributed by atoms with E-state index in [-0.39, 0.29) is 6.61 Å². The topological polar surface area (TPSA) is 46.5 Å². The van der Waals surface area contributed by atoms with Gasteiger partial charge in [0.1, 0.15) is 6.61 Å². The molecule has 1 rings (SSSR count). The van der Waals surface area contributed by atoms with E-state index >= 15 is 0 Å². The van der Waals surface area contributed by atoms with Crippen LogP contribution in [0.5, 0.6) is 0 Å². The fraction of sp³-hybridized carbons (Fsp3) is 0.333. The average molecular weight is 199 g/mol. The van der Waals surface area contributed by atoms with Crippen LogP contribution in [-0.4, -0.2) is 11.5 Å². The van der Waals surface area contributed by atoms with Gasteiger partial charge in [-0.1, -0.05) is 29.8 Å². The third-order valence-corrected chi connectivity index (χ3v) is 2.12. The van der Waals surface area contributed by atoms with Crippen molar-refractivity contribution in [1.82, 2.24) is 0 Å². The second kappa shape index (κ2) is 5.07. The molecule has 1 N–H and O–H groups in total. The monoisotopic (exact) mass is 199 g/mol. The molecule has 0 aromatic heterocycles. The Hall–Kier alpha value is -0.760. The second-order valence-corrected chi connectivity index (χ2v) is 3.54. The summed E-state index contributed by atoms with van der Waals surface area (Å²) in [5.74, 6) is 0. The minimum absolute atomic E-state index is 0.286. The van der Waals surface area contributed by atoms with Gasteiger partial charge in [0.15, 0.2) is 0 Å². The van der Waals surface area contributed by atoms with E-state index in [4.69, 9.17) is 4.89 Å². The molecule has 0 heterocycles. The van der Waals surface area contributed by atoms with Crippen LogP contribution in [0.25, 0.3) is 0 Å². The van der Waals surface area contributed by atoms with Gasteiger partial charge >= 0.3 is 8.25 Å². The Kier molecular flexibility index (Phi) is 4.03. The van der Waals surface area contributed by atoms with E-state index < -0.39 is 8.25 Å². The number of hydrogen-bond donors (Lipinski definition) is 1. The van der Waals surface area contributed by atoms with Crippen molar-refractivity contribution in [1.29, 1.82) is 0 Å². The molecular formula is C9H12O3P+. The molecule has 0 amide bonds. The minimum Gasteiger partial charge on any atom is -0.133 e. The van der Waals surface area contributed by atoms with E-state index in [0.717, 1.165) is 5.56 Å². The smallest absolute Gasteiger partial charge is 0.133 e. The van der Waals surface area contributed by atoms with Gasteiger partial charge in [0.25, 0.3) is 0 Å². The van der Waals surface area contributed by atoms with E-state index in [2.05, 4.69) is 4.52 Å². The van der Waals surface area contributed by atoms with Crippen molar-refractivity contribution in [2.75, 3.05) is 6.61 Å². The summed E-state index contributed by atoms with van der Waals surface area (Å²) >= 11 is 0. The number of aryl methyl sites for hydroxylation is 1. The summed E-state index contributed by atoms with van der Waals surface area (Å²) in [6.45, 7) is 2.31. The molecule has 0 aliphatic heterocycles. The maximum atomic E-state index is 10.2. The first-order chi connectivity index (χ1) is 6.18. The van der Waals surface area contributed by atoms with Crippen molar-refractivity contribution in [2.24, 2.45) is 0 Å². The average Bonchev–Trinajstić information content (AvgIpc) is 2.08. The maximum absolute atomic E-state index is 10.2. The third-order valence-electron chi connectivity index (χ3n) is 1.71. The highest BCUT2D eigenvalue weighted by Gasteiger charge is 2.10. The Balaban J connectivity index is 2.37. The summed E-state index contributed by atoms with van der Waals surface area (Å²) in [5, 5.41) is 0. The third kappa shape index (κ3) is 4.13. The summed E-state index contributed by atoms with van der Waals surface area (Å²) in [5.41, 5.74) is 2.32. The van der Waals surface area contributed by atoms with Gasteiger partial charge in [-0.2, -0.15) is 0 Å². The molecule has 1 aromatic rings. The quantitative estimate of drug-likeness (QED) is 0.756. The summed E-state index contributed by atoms with van der Waals surface area (Å²) < 4.78 is 14.7. The molecular weight excluding hydrogens is 187 g/mol. The molecule has 3 nitrogen and oxygen atoms in total. The number of benzene rings is 1. The lowest BCUT2D eigenvalue weighted by atomic mass is 10.1. The van der Waals surface area contributed by atoms with Gasteiger partial charge in [-0.3, -0.25) is 0 Å². The lowest BCUT2D eigenvalue weighted by Gasteiger charge is -1.97. The van der Waals surface area contributed by atoms with Crippen LogP contribution >= 0.6 is 8.25 Å². The van der Waals surface area contributed by atoms with Gasteiger partial charge in [-0.15, -0.1) is 9.42 Å². The van der Waals surface area contributed by atoms with Gasteiger partial charge in [-0.05, 0) is 12.5 Å². The molecule has 0 bridgehead atoms. The molecule has 0 aliphatic carbocycles. The molecule has 0 saturated carbocycles. The highest BCUT2D eigenvalue weighted by atomic mass is 31.1. The molecule has 4 heteroatoms. The van der Waals surface area contributed by atoms with Gasteiger partial charge < -0.3 is 0 Å². The molecule has 13 heavy (non-hydrogen) atoms. The van der Waals surface area contributed by atoms with E-state index in [9.17, 15) is 4.57 Å². The predicted octanol–water partition coefficient (Wildman–Crippen LogP) is 2.20. The van der Waals surface area contributed by atoms with Crippen LogP contribution in [0, 0.1) is 6.92 Å². The van der Waals surface area contributed by atoms with Crippen molar-refractivity contribution < 1.29 is 14.0 Å². The Labute approximate surface area is 78.3 Å². The SMILES string of the molecule is Cc1ccc(CCO[P+](=O)O)cc1. The summed E-state index contributed by atoms with van der Waals surface area (Å²) in [6.07, 6.45) is 0.669. The van der Waals surface area contributed by atoms with Crippen LogP contribution < -0.4 is 0 Å². The Morgan fingerprint density at radius 2 is 2.00 bits per heavy atom. The van der Waals surface area contributed by atoms with E-state index in [1.807, 2.05) is 31.2 Å². The Morgan fingerprint density at radius 3 is 2.54 bits per heavy atom. The molecule has 0 aliphatic rings. The molecule has 1 unspecified atom stereocenters. The van der Waals surface area contributed by atoms with Crippen molar-refractivity contribution in [3.05, 3.63) is 35.4 Å². The maximum Gasteiger partial charge on any atom is 0.694 e. The first-order valence-electron chi connectivity index (χ1n) is 4.03. The summed E-state index contributed by atoms with van der Waals surface area (Å²) in [6, 6.07) is 7.99. The van der Waals surface area contributed by atoms with Crippen LogP contribution in [0.3, 0.4) is 0 Å². The second-order valence-electron chi connectivity index (χ2n) is 2.81. The number of rotatable bonds is 4. The van der Waals surface area contributed by atoms with E-state index in [1.165, 1.54) is 5.56 Å². The zero-order valence-corrected chi connectivity index (χ0v) is 8.33. The lowest BCUT2D eigenvalue weighted by molar-refractivity contribution is 0.285. The van der Waals surface area contributed by atoms with Crippen LogP contribution in [-0.2, 0) is 15.5 Å². The Bertz CT molecular complexity index is 281. The van der Waals surface area contributed by atoms with Gasteiger partial charge in [0.2, 0.25) is 0 Å². The largest absolute Gasteiger partial charge is 0.694 e. The van der Waals surface area contributed by atoms with Gasteiger partial charge in [0, 0.05) is 11.0 Å². The minimum atomic E-state index is -2.45. The highest BCUT2D eigenvalue weighted by molar-refractivity contribution is 7.32. The van der Waals surface area contributed by atoms with Crippen molar-refractivity contribution in [2.45, 2.75) is 13.3 Å². The van der Waals surface area contributed by atoms with E-state index in [1.54, 1.807) is 0 Å². The zero-order chi connectivity index (χ0) is 9.68. The predicted molar refractivity (Wildman–Crippen MR) is 50.7 cm³/mol. The normalized spacial score (nSPS) is 11.4. The molecule has 0 fully saturated rings. The Morgan fingerprint density at radius 1 is 1.38 bits per heavy atom. The fourth-order valence-corrected chi connectivity index (χ4v) is 1.24. The zero-order valence-electron chi connectivity index (χ0n) is 7.43. The van der Waals surface area contributed by atoms with Crippen molar-refractivity contribution in [3.8, 4) is 0 Å². The molecule has 0 radical (unpaired) electrons. The molecule has 0 spiro atoms. The number of hydrogen-bond acceptors (Lipinski definition) is 2. The van der Waals surface area contributed by atoms with Crippen LogP contribution in [0.1, 0.15) is 11.1 Å². The van der Waals surface area contributed by atoms with Crippen LogP contribution in [0.15, 0.2) is 24.3 Å². The standard InChI is InChI=1S/C9H11O3P/c1-8-2-4-9(5-3-8)6-7-12-13(10)11/h2-5H,6-7H2,1H3/p+1. The molecule has 1 atom stereocenters. The molecule has 0 saturated heterocycles. The summed E-state index contributed by atoms with van der Waals surface area (Å²) in [4.78, 5) is 8.36. The fourth-order valence-electron chi connectivity index (χ4n) is 0.996. The first-order valence-corrected chi connectivity index (χ1v) is 5.16. The van der Waals surface area contributed by atoms with E-state index in [0.29, 0.717) is 6.42 Å². The first kappa shape index (κ1) is 10.3. The highest BCUT2D eigenvalue weighted by Crippen LogP contribution is 2.14. The molecule has 70 valence electrons. The van der Waals surface area contributed by atoms with Crippen LogP contribution in [0.4, 0.5) is 0 Å². The van der Waals surface area contributed by atoms with Gasteiger partial charge in [-0.25, -0.2) is 0 Å². The van der Waals surface area contributed by atoms with Crippen molar-refractivity contribution in [3.63, 3.8) is 0 Å². The van der Waals surface area contributed by atoms with Crippen LogP contribution in [0.2, 0.25) is 0 Å². The molecule has 1 aromatic carbocycles. The van der Waals surface area contributed by atoms with Gasteiger partial charge in [0.05, 0.1) is 0 Å².